The topological polar surface area (TPSA) is 62.4 Å². The van der Waals surface area contributed by atoms with Crippen molar-refractivity contribution < 1.29 is 9.52 Å². The van der Waals surface area contributed by atoms with Crippen LogP contribution in [0.15, 0.2) is 4.42 Å². The predicted octanol–water partition coefficient (Wildman–Crippen LogP) is 2.07. The molecule has 0 radical (unpaired) electrons. The van der Waals surface area contributed by atoms with Gasteiger partial charge in [-0.2, -0.15) is 0 Å². The van der Waals surface area contributed by atoms with E-state index >= 15 is 0 Å². The quantitative estimate of drug-likeness (QED) is 0.883. The number of likely N-dealkylation sites (tertiary alicyclic amines) is 1. The van der Waals surface area contributed by atoms with E-state index in [0.717, 1.165) is 37.7 Å². The molecule has 1 N–H and O–H groups in total. The molecule has 0 bridgehead atoms. The molecular formula is C14H23N3O2. The Labute approximate surface area is 114 Å². The molecule has 1 aliphatic carbocycles. The largest absolute Gasteiger partial charge is 0.424 e. The third-order valence-electron chi connectivity index (χ3n) is 4.39. The minimum atomic E-state index is -0.237. The highest BCUT2D eigenvalue weighted by atomic mass is 16.4. The lowest BCUT2D eigenvalue weighted by Crippen LogP contribution is -2.31. The van der Waals surface area contributed by atoms with Gasteiger partial charge in [-0.15, -0.1) is 10.2 Å². The summed E-state index contributed by atoms with van der Waals surface area (Å²) in [5, 5.41) is 17.9. The molecule has 1 aromatic heterocycles. The summed E-state index contributed by atoms with van der Waals surface area (Å²) in [6, 6.07) is 0.457. The van der Waals surface area contributed by atoms with Crippen molar-refractivity contribution in [1.29, 1.82) is 0 Å². The summed E-state index contributed by atoms with van der Waals surface area (Å²) in [5.74, 6) is 2.07. The van der Waals surface area contributed by atoms with Crippen LogP contribution in [0.3, 0.4) is 0 Å². The molecule has 2 heterocycles. The fourth-order valence-electron chi connectivity index (χ4n) is 3.09. The molecule has 5 nitrogen and oxygen atoms in total. The molecule has 2 atom stereocenters. The van der Waals surface area contributed by atoms with Crippen molar-refractivity contribution >= 4 is 0 Å². The number of hydrogen-bond acceptors (Lipinski definition) is 5. The molecule has 0 spiro atoms. The molecular weight excluding hydrogens is 242 g/mol. The van der Waals surface area contributed by atoms with Crippen molar-refractivity contribution in [3.63, 3.8) is 0 Å². The van der Waals surface area contributed by atoms with E-state index in [-0.39, 0.29) is 6.10 Å². The average Bonchev–Trinajstić information content (AvgIpc) is 2.87. The van der Waals surface area contributed by atoms with Gasteiger partial charge in [0.05, 0.1) is 12.6 Å². The Bertz CT molecular complexity index is 415. The SMILES string of the molecule is CC(O)CC1CCCN1Cc1nnc(C2CCC2)o1. The molecule has 5 heteroatoms. The van der Waals surface area contributed by atoms with Crippen LogP contribution in [0.2, 0.25) is 0 Å². The first-order chi connectivity index (χ1) is 9.22. The van der Waals surface area contributed by atoms with Crippen molar-refractivity contribution in [2.24, 2.45) is 0 Å². The Balaban J connectivity index is 1.58. The van der Waals surface area contributed by atoms with Crippen LogP contribution in [0.5, 0.6) is 0 Å². The Morgan fingerprint density at radius 3 is 2.84 bits per heavy atom. The molecule has 106 valence electrons. The minimum absolute atomic E-state index is 0.237. The van der Waals surface area contributed by atoms with Crippen LogP contribution in [0, 0.1) is 0 Å². The van der Waals surface area contributed by atoms with Crippen molar-refractivity contribution in [3.05, 3.63) is 11.8 Å². The van der Waals surface area contributed by atoms with Gasteiger partial charge < -0.3 is 9.52 Å². The summed E-state index contributed by atoms with van der Waals surface area (Å²) < 4.78 is 5.78. The normalized spacial score (nSPS) is 26.5. The number of aromatic nitrogens is 2. The fourth-order valence-corrected chi connectivity index (χ4v) is 3.09. The summed E-state index contributed by atoms with van der Waals surface area (Å²) in [6.07, 6.45) is 6.62. The molecule has 2 fully saturated rings. The van der Waals surface area contributed by atoms with E-state index in [4.69, 9.17) is 4.42 Å². The van der Waals surface area contributed by atoms with Gasteiger partial charge >= 0.3 is 0 Å². The van der Waals surface area contributed by atoms with Crippen LogP contribution in [0.25, 0.3) is 0 Å². The van der Waals surface area contributed by atoms with Gasteiger partial charge in [-0.25, -0.2) is 0 Å². The monoisotopic (exact) mass is 265 g/mol. The van der Waals surface area contributed by atoms with Gasteiger partial charge in [0.15, 0.2) is 0 Å². The lowest BCUT2D eigenvalue weighted by atomic mass is 9.85. The van der Waals surface area contributed by atoms with Gasteiger partial charge in [0, 0.05) is 12.0 Å². The molecule has 3 rings (SSSR count). The van der Waals surface area contributed by atoms with Gasteiger partial charge in [0.2, 0.25) is 11.8 Å². The van der Waals surface area contributed by atoms with Crippen LogP contribution in [0.1, 0.15) is 63.1 Å². The van der Waals surface area contributed by atoms with Gasteiger partial charge in [0.25, 0.3) is 0 Å². The summed E-state index contributed by atoms with van der Waals surface area (Å²) in [4.78, 5) is 2.37. The van der Waals surface area contributed by atoms with Crippen LogP contribution in [-0.2, 0) is 6.54 Å². The second kappa shape index (κ2) is 5.59. The zero-order valence-electron chi connectivity index (χ0n) is 11.6. The maximum absolute atomic E-state index is 9.53. The smallest absolute Gasteiger partial charge is 0.230 e. The first kappa shape index (κ1) is 13.1. The lowest BCUT2D eigenvalue weighted by Gasteiger charge is -2.24. The Kier molecular flexibility index (Phi) is 3.84. The molecule has 19 heavy (non-hydrogen) atoms. The number of hydrogen-bond donors (Lipinski definition) is 1. The van der Waals surface area contributed by atoms with E-state index in [1.165, 1.54) is 25.7 Å². The zero-order chi connectivity index (χ0) is 13.2. The maximum Gasteiger partial charge on any atom is 0.230 e. The first-order valence-electron chi connectivity index (χ1n) is 7.47. The lowest BCUT2D eigenvalue weighted by molar-refractivity contribution is 0.125. The van der Waals surface area contributed by atoms with E-state index in [9.17, 15) is 5.11 Å². The molecule has 1 aliphatic heterocycles. The van der Waals surface area contributed by atoms with Crippen LogP contribution >= 0.6 is 0 Å². The van der Waals surface area contributed by atoms with Crippen LogP contribution in [-0.4, -0.2) is 38.9 Å². The molecule has 1 aromatic rings. The van der Waals surface area contributed by atoms with Gasteiger partial charge in [-0.3, -0.25) is 4.90 Å². The van der Waals surface area contributed by atoms with Gasteiger partial charge in [-0.1, -0.05) is 6.42 Å². The third kappa shape index (κ3) is 2.98. The second-order valence-electron chi connectivity index (χ2n) is 6.01. The molecule has 2 unspecified atom stereocenters. The van der Waals surface area contributed by atoms with E-state index in [2.05, 4.69) is 15.1 Å². The molecule has 1 saturated carbocycles. The van der Waals surface area contributed by atoms with Crippen molar-refractivity contribution in [3.8, 4) is 0 Å². The highest BCUT2D eigenvalue weighted by Gasteiger charge is 2.29. The van der Waals surface area contributed by atoms with E-state index in [1.807, 2.05) is 6.92 Å². The predicted molar refractivity (Wildman–Crippen MR) is 70.6 cm³/mol. The summed E-state index contributed by atoms with van der Waals surface area (Å²) >= 11 is 0. The minimum Gasteiger partial charge on any atom is -0.424 e. The van der Waals surface area contributed by atoms with Gasteiger partial charge in [0.1, 0.15) is 0 Å². The maximum atomic E-state index is 9.53. The first-order valence-corrected chi connectivity index (χ1v) is 7.47. The van der Waals surface area contributed by atoms with Crippen molar-refractivity contribution in [1.82, 2.24) is 15.1 Å². The third-order valence-corrected chi connectivity index (χ3v) is 4.39. The molecule has 0 aromatic carbocycles. The summed E-state index contributed by atoms with van der Waals surface area (Å²) in [6.45, 7) is 3.66. The summed E-state index contributed by atoms with van der Waals surface area (Å²) in [5.41, 5.74) is 0. The van der Waals surface area contributed by atoms with Crippen molar-refractivity contribution in [2.45, 2.75) is 70.1 Å². The fraction of sp³-hybridized carbons (Fsp3) is 0.857. The molecule has 1 saturated heterocycles. The second-order valence-corrected chi connectivity index (χ2v) is 6.01. The van der Waals surface area contributed by atoms with Crippen LogP contribution < -0.4 is 0 Å². The number of rotatable bonds is 5. The van der Waals surface area contributed by atoms with Gasteiger partial charge in [-0.05, 0) is 45.6 Å². The standard InChI is InChI=1S/C14H23N3O2/c1-10(18)8-12-6-3-7-17(12)9-13-15-16-14(19-13)11-4-2-5-11/h10-12,18H,2-9H2,1H3. The molecule has 2 aliphatic rings. The number of aliphatic hydroxyl groups is 1. The average molecular weight is 265 g/mol. The van der Waals surface area contributed by atoms with E-state index in [1.54, 1.807) is 0 Å². The Hall–Kier alpha value is -0.940. The summed E-state index contributed by atoms with van der Waals surface area (Å²) in [7, 11) is 0. The highest BCUT2D eigenvalue weighted by molar-refractivity contribution is 4.96. The number of aliphatic hydroxyl groups excluding tert-OH is 1. The highest BCUT2D eigenvalue weighted by Crippen LogP contribution is 2.35. The van der Waals surface area contributed by atoms with Crippen molar-refractivity contribution in [2.75, 3.05) is 6.54 Å². The Morgan fingerprint density at radius 2 is 2.16 bits per heavy atom. The zero-order valence-corrected chi connectivity index (χ0v) is 11.6. The Morgan fingerprint density at radius 1 is 1.32 bits per heavy atom. The molecule has 0 amide bonds. The number of nitrogens with zero attached hydrogens (tertiary/aromatic N) is 3. The van der Waals surface area contributed by atoms with Crippen LogP contribution in [0.4, 0.5) is 0 Å². The van der Waals surface area contributed by atoms with E-state index in [0.29, 0.717) is 12.0 Å². The van der Waals surface area contributed by atoms with E-state index < -0.39 is 0 Å².